The second-order valence-corrected chi connectivity index (χ2v) is 7.82. The third-order valence-electron chi connectivity index (χ3n) is 4.39. The monoisotopic (exact) mass is 265 g/mol. The SMILES string of the molecule is c1ccc2c(c1)C[P+](=C1CCCC1)c1ccccc1-2. The van der Waals surface area contributed by atoms with Crippen LogP contribution in [-0.2, 0) is 6.16 Å². The van der Waals surface area contributed by atoms with Crippen LogP contribution < -0.4 is 5.30 Å². The van der Waals surface area contributed by atoms with Crippen LogP contribution in [0.1, 0.15) is 31.2 Å². The molecule has 1 fully saturated rings. The summed E-state index contributed by atoms with van der Waals surface area (Å²) in [6.45, 7) is 0. The molecule has 0 aromatic heterocycles. The largest absolute Gasteiger partial charge is 0.156 e. The average Bonchev–Trinajstić information content (AvgIpc) is 3.00. The highest BCUT2D eigenvalue weighted by Gasteiger charge is 2.32. The molecule has 0 amide bonds. The summed E-state index contributed by atoms with van der Waals surface area (Å²) in [6.07, 6.45) is 6.86. The molecule has 0 spiro atoms. The second kappa shape index (κ2) is 4.62. The highest BCUT2D eigenvalue weighted by molar-refractivity contribution is 7.66. The molecule has 2 aromatic rings. The molecule has 1 saturated carbocycles. The summed E-state index contributed by atoms with van der Waals surface area (Å²) in [6, 6.07) is 18.1. The summed E-state index contributed by atoms with van der Waals surface area (Å²) in [5.74, 6) is 0. The lowest BCUT2D eigenvalue weighted by Gasteiger charge is -2.16. The van der Waals surface area contributed by atoms with E-state index in [9.17, 15) is 0 Å². The van der Waals surface area contributed by atoms with Crippen molar-refractivity contribution < 1.29 is 0 Å². The smallest absolute Gasteiger partial charge is 0.0618 e. The van der Waals surface area contributed by atoms with Crippen molar-refractivity contribution in [1.82, 2.24) is 0 Å². The molecule has 2 aliphatic rings. The van der Waals surface area contributed by atoms with E-state index in [1.165, 1.54) is 43.0 Å². The van der Waals surface area contributed by atoms with Crippen LogP contribution in [0.15, 0.2) is 48.5 Å². The predicted octanol–water partition coefficient (Wildman–Crippen LogP) is 4.72. The topological polar surface area (TPSA) is 0 Å². The van der Waals surface area contributed by atoms with E-state index in [2.05, 4.69) is 48.5 Å². The average molecular weight is 265 g/mol. The molecule has 0 radical (unpaired) electrons. The summed E-state index contributed by atoms with van der Waals surface area (Å²) in [4.78, 5) is 0. The standard InChI is InChI=1S/C18H18P/c1-4-10-16-14(7-1)13-19(15-8-2-3-9-15)18-12-6-5-11-17(16)18/h1,4-7,10-12H,2-3,8-9,13H2/q+1. The molecule has 4 rings (SSSR count). The number of hydrogen-bond acceptors (Lipinski definition) is 0. The predicted molar refractivity (Wildman–Crippen MR) is 85.6 cm³/mol. The maximum absolute atomic E-state index is 2.38. The number of benzene rings is 2. The molecule has 1 atom stereocenters. The Balaban J connectivity index is 1.98. The van der Waals surface area contributed by atoms with E-state index in [1.54, 1.807) is 10.9 Å². The van der Waals surface area contributed by atoms with Crippen molar-refractivity contribution in [1.29, 1.82) is 0 Å². The Morgan fingerprint density at radius 3 is 2.26 bits per heavy atom. The minimum Gasteiger partial charge on any atom is -0.0618 e. The molecule has 19 heavy (non-hydrogen) atoms. The van der Waals surface area contributed by atoms with Crippen molar-refractivity contribution in [2.45, 2.75) is 31.8 Å². The molecule has 94 valence electrons. The molecule has 2 aromatic carbocycles. The Morgan fingerprint density at radius 1 is 0.737 bits per heavy atom. The van der Waals surface area contributed by atoms with E-state index in [0.29, 0.717) is 0 Å². The highest BCUT2D eigenvalue weighted by Crippen LogP contribution is 2.44. The number of fused-ring (bicyclic) bond motifs is 3. The molecule has 1 aliphatic heterocycles. The minimum atomic E-state index is -0.0586. The first-order valence-electron chi connectivity index (χ1n) is 7.23. The molecule has 1 heterocycles. The van der Waals surface area contributed by atoms with Gasteiger partial charge in [0.1, 0.15) is 19.0 Å². The Labute approximate surface area is 115 Å². The molecule has 0 bridgehead atoms. The Morgan fingerprint density at radius 2 is 1.42 bits per heavy atom. The Kier molecular flexibility index (Phi) is 2.78. The fourth-order valence-electron chi connectivity index (χ4n) is 3.45. The van der Waals surface area contributed by atoms with Crippen molar-refractivity contribution in [3.05, 3.63) is 54.1 Å². The van der Waals surface area contributed by atoms with Gasteiger partial charge in [-0.1, -0.05) is 36.4 Å². The van der Waals surface area contributed by atoms with Crippen LogP contribution in [0.3, 0.4) is 0 Å². The lowest BCUT2D eigenvalue weighted by Crippen LogP contribution is -2.12. The van der Waals surface area contributed by atoms with Crippen molar-refractivity contribution >= 4 is 18.1 Å². The van der Waals surface area contributed by atoms with Crippen LogP contribution in [0, 0.1) is 0 Å². The summed E-state index contributed by atoms with van der Waals surface area (Å²) in [7, 11) is -0.0586. The zero-order chi connectivity index (χ0) is 12.7. The summed E-state index contributed by atoms with van der Waals surface area (Å²) in [5, 5.41) is 3.49. The normalized spacial score (nSPS) is 19.2. The van der Waals surface area contributed by atoms with E-state index in [1.807, 2.05) is 5.29 Å². The van der Waals surface area contributed by atoms with Gasteiger partial charge in [-0.05, 0) is 30.5 Å². The lowest BCUT2D eigenvalue weighted by molar-refractivity contribution is 0.886. The molecule has 0 nitrogen and oxygen atoms in total. The first-order valence-corrected chi connectivity index (χ1v) is 8.76. The lowest BCUT2D eigenvalue weighted by atomic mass is 10.0. The Hall–Kier alpha value is -1.39. The van der Waals surface area contributed by atoms with Crippen LogP contribution in [0.25, 0.3) is 11.1 Å². The molecule has 0 N–H and O–H groups in total. The zero-order valence-electron chi connectivity index (χ0n) is 11.1. The van der Waals surface area contributed by atoms with Gasteiger partial charge in [0.15, 0.2) is 5.30 Å². The van der Waals surface area contributed by atoms with Gasteiger partial charge in [-0.15, -0.1) is 0 Å². The van der Waals surface area contributed by atoms with E-state index in [4.69, 9.17) is 0 Å². The van der Waals surface area contributed by atoms with Gasteiger partial charge in [-0.25, -0.2) is 0 Å². The summed E-state index contributed by atoms with van der Waals surface area (Å²) in [5.41, 5.74) is 4.53. The van der Waals surface area contributed by atoms with Crippen molar-refractivity contribution in [3.63, 3.8) is 0 Å². The number of rotatable bonds is 0. The molecule has 1 heteroatoms. The zero-order valence-corrected chi connectivity index (χ0v) is 12.0. The summed E-state index contributed by atoms with van der Waals surface area (Å²) < 4.78 is 0. The van der Waals surface area contributed by atoms with Crippen LogP contribution >= 0.6 is 7.55 Å². The Bertz CT molecular complexity index is 659. The van der Waals surface area contributed by atoms with E-state index < -0.39 is 0 Å². The van der Waals surface area contributed by atoms with Gasteiger partial charge >= 0.3 is 0 Å². The second-order valence-electron chi connectivity index (χ2n) is 5.53. The molecular formula is C18H18P+. The van der Waals surface area contributed by atoms with Gasteiger partial charge in [-0.3, -0.25) is 0 Å². The first kappa shape index (κ1) is 11.4. The van der Waals surface area contributed by atoms with Gasteiger partial charge in [-0.2, -0.15) is 0 Å². The third kappa shape index (κ3) is 1.86. The quantitative estimate of drug-likeness (QED) is 0.604. The number of hydrogen-bond donors (Lipinski definition) is 0. The van der Waals surface area contributed by atoms with Gasteiger partial charge in [0.2, 0.25) is 0 Å². The maximum Gasteiger partial charge on any atom is 0.156 e. The molecule has 1 aliphatic carbocycles. The maximum atomic E-state index is 2.38. The summed E-state index contributed by atoms with van der Waals surface area (Å²) >= 11 is 0. The van der Waals surface area contributed by atoms with Gasteiger partial charge in [0.05, 0.1) is 0 Å². The molecule has 0 saturated heterocycles. The van der Waals surface area contributed by atoms with Crippen molar-refractivity contribution in [2.24, 2.45) is 0 Å². The van der Waals surface area contributed by atoms with Crippen LogP contribution in [-0.4, -0.2) is 5.29 Å². The van der Waals surface area contributed by atoms with Crippen LogP contribution in [0.2, 0.25) is 0 Å². The van der Waals surface area contributed by atoms with Crippen LogP contribution in [0.4, 0.5) is 0 Å². The minimum absolute atomic E-state index is 0.0586. The van der Waals surface area contributed by atoms with E-state index in [0.717, 1.165) is 0 Å². The first-order chi connectivity index (χ1) is 9.43. The molecule has 1 unspecified atom stereocenters. The fraction of sp³-hybridized carbons (Fsp3) is 0.278. The molecular weight excluding hydrogens is 247 g/mol. The third-order valence-corrected chi connectivity index (χ3v) is 7.23. The van der Waals surface area contributed by atoms with E-state index >= 15 is 0 Å². The van der Waals surface area contributed by atoms with Crippen molar-refractivity contribution in [3.8, 4) is 11.1 Å². The van der Waals surface area contributed by atoms with Gasteiger partial charge in [0.25, 0.3) is 0 Å². The van der Waals surface area contributed by atoms with Gasteiger partial charge in [0, 0.05) is 24.0 Å². The fourth-order valence-corrected chi connectivity index (χ4v) is 6.41. The van der Waals surface area contributed by atoms with E-state index in [-0.39, 0.29) is 7.55 Å². The van der Waals surface area contributed by atoms with Crippen molar-refractivity contribution in [2.75, 3.05) is 0 Å². The highest BCUT2D eigenvalue weighted by atomic mass is 31.1. The van der Waals surface area contributed by atoms with Gasteiger partial charge < -0.3 is 0 Å². The van der Waals surface area contributed by atoms with Crippen LogP contribution in [0.5, 0.6) is 0 Å².